The van der Waals surface area contributed by atoms with Crippen LogP contribution < -0.4 is 10.6 Å². The topological polar surface area (TPSA) is 96.3 Å². The van der Waals surface area contributed by atoms with E-state index in [9.17, 15) is 14.7 Å². The predicted octanol–water partition coefficient (Wildman–Crippen LogP) is 5.57. The Kier molecular flexibility index (Phi) is 7.01. The number of nitrogens with one attached hydrogen (secondary N) is 2. The molecule has 0 radical (unpaired) electrons. The highest BCUT2D eigenvalue weighted by Crippen LogP contribution is 2.38. The summed E-state index contributed by atoms with van der Waals surface area (Å²) < 4.78 is 1.45. The number of nitrogens with zero attached hydrogens (tertiary/aromatic N) is 2. The highest BCUT2D eigenvalue weighted by Gasteiger charge is 2.26. The van der Waals surface area contributed by atoms with Crippen molar-refractivity contribution in [3.63, 3.8) is 0 Å². The number of phenols is 1. The van der Waals surface area contributed by atoms with Crippen molar-refractivity contribution in [2.45, 2.75) is 58.9 Å². The van der Waals surface area contributed by atoms with Crippen molar-refractivity contribution in [3.05, 3.63) is 65.4 Å². The molecule has 34 heavy (non-hydrogen) atoms. The van der Waals surface area contributed by atoms with Gasteiger partial charge in [0.05, 0.1) is 11.4 Å². The molecule has 1 aliphatic carbocycles. The van der Waals surface area contributed by atoms with Gasteiger partial charge < -0.3 is 15.7 Å². The molecule has 1 heterocycles. The first kappa shape index (κ1) is 23.5. The lowest BCUT2D eigenvalue weighted by Crippen LogP contribution is -2.30. The molecule has 0 bridgehead atoms. The normalized spacial score (nSPS) is 13.9. The van der Waals surface area contributed by atoms with E-state index >= 15 is 0 Å². The molecule has 7 heteroatoms. The molecule has 1 aromatic heterocycles. The molecule has 0 atom stereocenters. The number of hydrogen-bond donors (Lipinski definition) is 3. The van der Waals surface area contributed by atoms with Gasteiger partial charge in [-0.3, -0.25) is 4.79 Å². The maximum Gasteiger partial charge on any atom is 0.342 e. The number of anilines is 1. The summed E-state index contributed by atoms with van der Waals surface area (Å²) in [5.74, 6) is -0.0162. The van der Waals surface area contributed by atoms with E-state index in [-0.39, 0.29) is 29.5 Å². The van der Waals surface area contributed by atoms with Crippen LogP contribution in [0.5, 0.6) is 5.75 Å². The predicted molar refractivity (Wildman–Crippen MR) is 133 cm³/mol. The molecule has 4 rings (SSSR count). The summed E-state index contributed by atoms with van der Waals surface area (Å²) >= 11 is 0. The quantitative estimate of drug-likeness (QED) is 0.448. The average molecular weight is 461 g/mol. The summed E-state index contributed by atoms with van der Waals surface area (Å²) in [5.41, 5.74) is 4.63. The van der Waals surface area contributed by atoms with Crippen molar-refractivity contribution in [3.8, 4) is 17.0 Å². The maximum atomic E-state index is 13.1. The van der Waals surface area contributed by atoms with Gasteiger partial charge in [-0.15, -0.1) is 0 Å². The molecule has 2 amide bonds. The van der Waals surface area contributed by atoms with E-state index in [2.05, 4.69) is 15.7 Å². The van der Waals surface area contributed by atoms with E-state index in [0.717, 1.165) is 36.9 Å². The summed E-state index contributed by atoms with van der Waals surface area (Å²) in [5, 5.41) is 21.0. The summed E-state index contributed by atoms with van der Waals surface area (Å²) in [6, 6.07) is 14.6. The van der Waals surface area contributed by atoms with Gasteiger partial charge in [-0.05, 0) is 43.5 Å². The lowest BCUT2D eigenvalue weighted by molar-refractivity contribution is -0.118. The molecule has 1 fully saturated rings. The average Bonchev–Trinajstić information content (AvgIpc) is 3.48. The number of aromatic hydroxyl groups is 1. The number of aryl methyl sites for hydroxylation is 1. The third-order valence-corrected chi connectivity index (χ3v) is 6.33. The van der Waals surface area contributed by atoms with Crippen LogP contribution in [0.2, 0.25) is 0 Å². The number of hydrogen-bond acceptors (Lipinski definition) is 4. The van der Waals surface area contributed by atoms with Crippen LogP contribution in [0.15, 0.2) is 48.5 Å². The summed E-state index contributed by atoms with van der Waals surface area (Å²) in [4.78, 5) is 25.1. The smallest absolute Gasteiger partial charge is 0.342 e. The molecule has 178 valence electrons. The van der Waals surface area contributed by atoms with Crippen LogP contribution in [-0.2, 0) is 11.3 Å². The molecule has 7 nitrogen and oxygen atoms in total. The van der Waals surface area contributed by atoms with Gasteiger partial charge in [-0.25, -0.2) is 4.79 Å². The van der Waals surface area contributed by atoms with Gasteiger partial charge in [0.1, 0.15) is 5.75 Å². The monoisotopic (exact) mass is 460 g/mol. The molecule has 3 aromatic rings. The third-order valence-electron chi connectivity index (χ3n) is 6.33. The van der Waals surface area contributed by atoms with Crippen molar-refractivity contribution in [2.24, 2.45) is 5.92 Å². The first-order chi connectivity index (χ1) is 16.3. The minimum absolute atomic E-state index is 0.00393. The molecular weight excluding hydrogens is 428 g/mol. The molecule has 0 spiro atoms. The zero-order chi connectivity index (χ0) is 24.2. The van der Waals surface area contributed by atoms with Gasteiger partial charge in [-0.2, -0.15) is 9.78 Å². The Balaban J connectivity index is 1.59. The van der Waals surface area contributed by atoms with E-state index in [1.165, 1.54) is 16.3 Å². The molecule has 0 saturated heterocycles. The number of phenolic OH excluding ortho intramolecular Hbond substituents is 1. The minimum atomic E-state index is -0.283. The van der Waals surface area contributed by atoms with Gasteiger partial charge in [0.25, 0.3) is 0 Å². The van der Waals surface area contributed by atoms with Gasteiger partial charge in [0.2, 0.25) is 5.91 Å². The number of amides is 2. The van der Waals surface area contributed by atoms with Crippen LogP contribution in [0.1, 0.15) is 62.3 Å². The van der Waals surface area contributed by atoms with E-state index in [4.69, 9.17) is 0 Å². The molecular formula is C27H32N4O3. The molecule has 3 N–H and O–H groups in total. The van der Waals surface area contributed by atoms with Crippen molar-refractivity contribution in [1.29, 1.82) is 0 Å². The van der Waals surface area contributed by atoms with Gasteiger partial charge in [-0.1, -0.05) is 56.5 Å². The lowest BCUT2D eigenvalue weighted by Gasteiger charge is -2.12. The molecule has 0 aliphatic heterocycles. The van der Waals surface area contributed by atoms with Crippen molar-refractivity contribution in [2.75, 3.05) is 5.32 Å². The Hall–Kier alpha value is -3.61. The molecule has 1 saturated carbocycles. The van der Waals surface area contributed by atoms with Crippen LogP contribution in [0, 0.1) is 12.8 Å². The van der Waals surface area contributed by atoms with Crippen LogP contribution in [-0.4, -0.2) is 26.8 Å². The zero-order valence-electron chi connectivity index (χ0n) is 20.0. The Morgan fingerprint density at radius 1 is 1.09 bits per heavy atom. The first-order valence-corrected chi connectivity index (χ1v) is 11.9. The largest absolute Gasteiger partial charge is 0.507 e. The minimum Gasteiger partial charge on any atom is -0.507 e. The Morgan fingerprint density at radius 3 is 2.44 bits per heavy atom. The van der Waals surface area contributed by atoms with Crippen molar-refractivity contribution in [1.82, 2.24) is 15.1 Å². The Morgan fingerprint density at radius 2 is 1.79 bits per heavy atom. The summed E-state index contributed by atoms with van der Waals surface area (Å²) in [6.07, 6.45) is 4.29. The van der Waals surface area contributed by atoms with Gasteiger partial charge in [0.15, 0.2) is 0 Å². The van der Waals surface area contributed by atoms with Gasteiger partial charge >= 0.3 is 6.03 Å². The second-order valence-electron chi connectivity index (χ2n) is 9.37. The fourth-order valence-electron chi connectivity index (χ4n) is 4.27. The molecule has 1 aliphatic rings. The Bertz CT molecular complexity index is 1180. The Labute approximate surface area is 200 Å². The fraction of sp³-hybridized carbons (Fsp3) is 0.370. The third kappa shape index (κ3) is 5.30. The fourth-order valence-corrected chi connectivity index (χ4v) is 4.27. The molecule has 2 aromatic carbocycles. The number of aromatic nitrogens is 2. The first-order valence-electron chi connectivity index (χ1n) is 11.9. The van der Waals surface area contributed by atoms with E-state index in [0.29, 0.717) is 23.5 Å². The number of carbonyl (C=O) groups excluding carboxylic acids is 2. The van der Waals surface area contributed by atoms with Crippen LogP contribution in [0.3, 0.4) is 0 Å². The molecule has 0 unspecified atom stereocenters. The van der Waals surface area contributed by atoms with Crippen molar-refractivity contribution < 1.29 is 14.7 Å². The van der Waals surface area contributed by atoms with E-state index < -0.39 is 0 Å². The van der Waals surface area contributed by atoms with Crippen molar-refractivity contribution >= 4 is 17.6 Å². The summed E-state index contributed by atoms with van der Waals surface area (Å²) in [7, 11) is 0. The summed E-state index contributed by atoms with van der Waals surface area (Å²) in [6.45, 7) is 6.06. The SMILES string of the molecule is Cc1ccc(CNC(=O)n2nc(-c3ccc(NC(=O)C(C)C)cc3O)cc2C2CCCC2)cc1. The van der Waals surface area contributed by atoms with E-state index in [1.807, 2.05) is 51.1 Å². The van der Waals surface area contributed by atoms with E-state index in [1.54, 1.807) is 12.1 Å². The highest BCUT2D eigenvalue weighted by atomic mass is 16.3. The van der Waals surface area contributed by atoms with Crippen LogP contribution >= 0.6 is 0 Å². The maximum absolute atomic E-state index is 13.1. The zero-order valence-corrected chi connectivity index (χ0v) is 20.0. The highest BCUT2D eigenvalue weighted by molar-refractivity contribution is 5.92. The lowest BCUT2D eigenvalue weighted by atomic mass is 10.0. The standard InChI is InChI=1S/C27H32N4O3/c1-17(2)26(33)29-21-12-13-22(25(32)14-21)23-15-24(20-6-4-5-7-20)31(30-23)27(34)28-16-19-10-8-18(3)9-11-19/h8-15,17,20,32H,4-7,16H2,1-3H3,(H,28,34)(H,29,33). The second-order valence-corrected chi connectivity index (χ2v) is 9.37. The number of benzene rings is 2. The second kappa shape index (κ2) is 10.1. The van der Waals surface area contributed by atoms with Crippen LogP contribution in [0.25, 0.3) is 11.3 Å². The van der Waals surface area contributed by atoms with Crippen LogP contribution in [0.4, 0.5) is 10.5 Å². The van der Waals surface area contributed by atoms with Gasteiger partial charge in [0, 0.05) is 35.7 Å². The number of carbonyl (C=O) groups is 2. The number of rotatable bonds is 6.